The van der Waals surface area contributed by atoms with Crippen molar-refractivity contribution in [2.24, 2.45) is 0 Å². The number of benzene rings is 2. The topological polar surface area (TPSA) is 31.4 Å². The van der Waals surface area contributed by atoms with E-state index < -0.39 is 0 Å². The molecule has 0 aliphatic carbocycles. The van der Waals surface area contributed by atoms with Crippen LogP contribution in [0.2, 0.25) is 0 Å². The third kappa shape index (κ3) is 2.47. The van der Waals surface area contributed by atoms with Crippen LogP contribution in [0, 0.1) is 0 Å². The van der Waals surface area contributed by atoms with Crippen LogP contribution in [-0.4, -0.2) is 12.1 Å². The van der Waals surface area contributed by atoms with Gasteiger partial charge in [-0.25, -0.2) is 4.98 Å². The molecule has 3 aromatic rings. The number of rotatable bonds is 3. The van der Waals surface area contributed by atoms with Gasteiger partial charge in [-0.1, -0.05) is 12.1 Å². The maximum atomic E-state index is 5.90. The van der Waals surface area contributed by atoms with Gasteiger partial charge in [0.2, 0.25) is 5.88 Å². The smallest absolute Gasteiger partial charge is 0.227 e. The van der Waals surface area contributed by atoms with E-state index in [1.54, 1.807) is 13.3 Å². The van der Waals surface area contributed by atoms with Gasteiger partial charge in [-0.3, -0.25) is 0 Å². The summed E-state index contributed by atoms with van der Waals surface area (Å²) >= 11 is 3.47. The normalized spacial score (nSPS) is 10.5. The minimum absolute atomic E-state index is 0.581. The zero-order valence-corrected chi connectivity index (χ0v) is 12.4. The van der Waals surface area contributed by atoms with Gasteiger partial charge in [0.25, 0.3) is 0 Å². The van der Waals surface area contributed by atoms with Crippen molar-refractivity contribution < 1.29 is 9.47 Å². The van der Waals surface area contributed by atoms with Crippen LogP contribution >= 0.6 is 15.9 Å². The third-order valence-electron chi connectivity index (χ3n) is 2.98. The highest BCUT2D eigenvalue weighted by Gasteiger charge is 2.07. The summed E-state index contributed by atoms with van der Waals surface area (Å²) in [6.07, 6.45) is 1.73. The summed E-state index contributed by atoms with van der Waals surface area (Å²) in [6, 6.07) is 15.4. The maximum Gasteiger partial charge on any atom is 0.227 e. The summed E-state index contributed by atoms with van der Waals surface area (Å²) in [6.45, 7) is 0. The molecule has 2 aromatic carbocycles. The molecule has 0 radical (unpaired) electrons. The SMILES string of the molecule is COc1ccc2c(Oc3ccccc3Br)nccc2c1. The lowest BCUT2D eigenvalue weighted by atomic mass is 10.1. The monoisotopic (exact) mass is 329 g/mol. The maximum absolute atomic E-state index is 5.90. The van der Waals surface area contributed by atoms with Crippen LogP contribution in [0.4, 0.5) is 0 Å². The third-order valence-corrected chi connectivity index (χ3v) is 3.63. The van der Waals surface area contributed by atoms with E-state index in [1.807, 2.05) is 48.5 Å². The Balaban J connectivity index is 2.06. The standard InChI is InChI=1S/C16H12BrNO2/c1-19-12-6-7-13-11(10-12)8-9-18-16(13)20-15-5-3-2-4-14(15)17/h2-10H,1H3. The minimum atomic E-state index is 0.581. The molecule has 3 nitrogen and oxygen atoms in total. The highest BCUT2D eigenvalue weighted by Crippen LogP contribution is 2.33. The summed E-state index contributed by atoms with van der Waals surface area (Å²) in [5, 5.41) is 1.98. The Morgan fingerprint density at radius 3 is 2.70 bits per heavy atom. The molecule has 0 fully saturated rings. The Kier molecular flexibility index (Phi) is 3.56. The fourth-order valence-electron chi connectivity index (χ4n) is 1.97. The van der Waals surface area contributed by atoms with Crippen molar-refractivity contribution in [3.63, 3.8) is 0 Å². The molecule has 0 unspecified atom stereocenters. The second-order valence-electron chi connectivity index (χ2n) is 4.24. The van der Waals surface area contributed by atoms with Gasteiger partial charge in [0.05, 0.1) is 11.6 Å². The quantitative estimate of drug-likeness (QED) is 0.691. The predicted molar refractivity (Wildman–Crippen MR) is 82.5 cm³/mol. The van der Waals surface area contributed by atoms with Gasteiger partial charge in [-0.2, -0.15) is 0 Å². The van der Waals surface area contributed by atoms with E-state index in [1.165, 1.54) is 0 Å². The molecule has 0 aliphatic heterocycles. The van der Waals surface area contributed by atoms with Crippen LogP contribution < -0.4 is 9.47 Å². The van der Waals surface area contributed by atoms with Gasteiger partial charge in [-0.15, -0.1) is 0 Å². The predicted octanol–water partition coefficient (Wildman–Crippen LogP) is 4.80. The van der Waals surface area contributed by atoms with E-state index in [2.05, 4.69) is 20.9 Å². The van der Waals surface area contributed by atoms with Crippen molar-refractivity contribution in [3.05, 3.63) is 59.2 Å². The first-order valence-electron chi connectivity index (χ1n) is 6.13. The van der Waals surface area contributed by atoms with Crippen LogP contribution in [0.3, 0.4) is 0 Å². The summed E-state index contributed by atoms with van der Waals surface area (Å²) < 4.78 is 12.0. The Bertz CT molecular complexity index is 758. The number of para-hydroxylation sites is 1. The van der Waals surface area contributed by atoms with Crippen molar-refractivity contribution in [3.8, 4) is 17.4 Å². The number of aromatic nitrogens is 1. The van der Waals surface area contributed by atoms with E-state index in [0.29, 0.717) is 5.88 Å². The van der Waals surface area contributed by atoms with Gasteiger partial charge in [0.1, 0.15) is 11.5 Å². The molecule has 0 bridgehead atoms. The molecule has 1 heterocycles. The van der Waals surface area contributed by atoms with Crippen LogP contribution in [0.15, 0.2) is 59.2 Å². The Labute approximate surface area is 125 Å². The summed E-state index contributed by atoms with van der Waals surface area (Å²) in [5.74, 6) is 2.14. The molecule has 0 saturated carbocycles. The van der Waals surface area contributed by atoms with E-state index >= 15 is 0 Å². The summed E-state index contributed by atoms with van der Waals surface area (Å²) in [7, 11) is 1.65. The molecule has 0 amide bonds. The zero-order valence-electron chi connectivity index (χ0n) is 10.8. The summed E-state index contributed by atoms with van der Waals surface area (Å²) in [4.78, 5) is 4.31. The second-order valence-corrected chi connectivity index (χ2v) is 5.09. The van der Waals surface area contributed by atoms with E-state index in [0.717, 1.165) is 26.7 Å². The molecule has 3 rings (SSSR count). The average molecular weight is 330 g/mol. The molecule has 1 aromatic heterocycles. The summed E-state index contributed by atoms with van der Waals surface area (Å²) in [5.41, 5.74) is 0. The van der Waals surface area contributed by atoms with Crippen molar-refractivity contribution >= 4 is 26.7 Å². The molecule has 0 aliphatic rings. The Morgan fingerprint density at radius 1 is 1.05 bits per heavy atom. The molecular formula is C16H12BrNO2. The number of ether oxygens (including phenoxy) is 2. The van der Waals surface area contributed by atoms with Crippen molar-refractivity contribution in [1.82, 2.24) is 4.98 Å². The fourth-order valence-corrected chi connectivity index (χ4v) is 2.33. The number of hydrogen-bond donors (Lipinski definition) is 0. The Hall–Kier alpha value is -2.07. The highest BCUT2D eigenvalue weighted by atomic mass is 79.9. The molecule has 4 heteroatoms. The average Bonchev–Trinajstić information content (AvgIpc) is 2.49. The first-order valence-corrected chi connectivity index (χ1v) is 6.92. The molecule has 0 saturated heterocycles. The van der Waals surface area contributed by atoms with E-state index in [9.17, 15) is 0 Å². The number of hydrogen-bond acceptors (Lipinski definition) is 3. The van der Waals surface area contributed by atoms with Gasteiger partial charge in [0, 0.05) is 11.6 Å². The van der Waals surface area contributed by atoms with Crippen LogP contribution in [0.1, 0.15) is 0 Å². The van der Waals surface area contributed by atoms with Gasteiger partial charge >= 0.3 is 0 Å². The molecular weight excluding hydrogens is 318 g/mol. The zero-order chi connectivity index (χ0) is 13.9. The van der Waals surface area contributed by atoms with Crippen molar-refractivity contribution in [1.29, 1.82) is 0 Å². The molecule has 0 N–H and O–H groups in total. The lowest BCUT2D eigenvalue weighted by Gasteiger charge is -2.09. The van der Waals surface area contributed by atoms with Crippen molar-refractivity contribution in [2.75, 3.05) is 7.11 Å². The highest BCUT2D eigenvalue weighted by molar-refractivity contribution is 9.10. The number of methoxy groups -OCH3 is 1. The lowest BCUT2D eigenvalue weighted by Crippen LogP contribution is -1.90. The molecule has 100 valence electrons. The van der Waals surface area contributed by atoms with Gasteiger partial charge in [0.15, 0.2) is 0 Å². The first kappa shape index (κ1) is 12.9. The number of halogens is 1. The van der Waals surface area contributed by atoms with Crippen LogP contribution in [0.5, 0.6) is 17.4 Å². The molecule has 20 heavy (non-hydrogen) atoms. The second kappa shape index (κ2) is 5.51. The lowest BCUT2D eigenvalue weighted by molar-refractivity contribution is 0.415. The van der Waals surface area contributed by atoms with Crippen molar-refractivity contribution in [2.45, 2.75) is 0 Å². The number of pyridine rings is 1. The largest absolute Gasteiger partial charge is 0.497 e. The Morgan fingerprint density at radius 2 is 1.90 bits per heavy atom. The molecule has 0 atom stereocenters. The van der Waals surface area contributed by atoms with Gasteiger partial charge in [-0.05, 0) is 57.7 Å². The van der Waals surface area contributed by atoms with Gasteiger partial charge < -0.3 is 9.47 Å². The fraction of sp³-hybridized carbons (Fsp3) is 0.0625. The minimum Gasteiger partial charge on any atom is -0.497 e. The first-order chi connectivity index (χ1) is 9.78. The van der Waals surface area contributed by atoms with Crippen LogP contribution in [0.25, 0.3) is 10.8 Å². The molecule has 0 spiro atoms. The van der Waals surface area contributed by atoms with E-state index in [-0.39, 0.29) is 0 Å². The van der Waals surface area contributed by atoms with E-state index in [4.69, 9.17) is 9.47 Å². The number of fused-ring (bicyclic) bond motifs is 1. The van der Waals surface area contributed by atoms with Crippen LogP contribution in [-0.2, 0) is 0 Å². The number of nitrogens with zero attached hydrogens (tertiary/aromatic N) is 1.